The smallest absolute Gasteiger partial charge is 0.336 e. The Morgan fingerprint density at radius 2 is 1.71 bits per heavy atom. The van der Waals surface area contributed by atoms with Crippen LogP contribution in [0.25, 0.3) is 27.8 Å². The number of benzene rings is 4. The zero-order valence-electron chi connectivity index (χ0n) is 18.8. The Hall–Kier alpha value is -4.85. The molecule has 0 unspecified atom stereocenters. The Balaban J connectivity index is 1.27. The molecular formula is C27H20N4O4. The van der Waals surface area contributed by atoms with Crippen LogP contribution in [0.3, 0.4) is 0 Å². The van der Waals surface area contributed by atoms with E-state index in [0.29, 0.717) is 28.6 Å². The molecular weight excluding hydrogens is 444 g/mol. The van der Waals surface area contributed by atoms with Gasteiger partial charge in [-0.1, -0.05) is 30.3 Å². The molecule has 0 spiro atoms. The van der Waals surface area contributed by atoms with Gasteiger partial charge in [0.15, 0.2) is 17.3 Å². The van der Waals surface area contributed by atoms with E-state index in [2.05, 4.69) is 15.4 Å². The molecule has 5 aromatic rings. The number of aromatic nitrogens is 3. The molecule has 0 aliphatic carbocycles. The number of nitrogens with one attached hydrogen (secondary N) is 1. The molecule has 1 aliphatic heterocycles. The first-order valence-electron chi connectivity index (χ1n) is 11.0. The average molecular weight is 464 g/mol. The summed E-state index contributed by atoms with van der Waals surface area (Å²) in [5.41, 5.74) is 2.83. The van der Waals surface area contributed by atoms with Crippen molar-refractivity contribution in [2.24, 2.45) is 0 Å². The maximum Gasteiger partial charge on any atom is 0.336 e. The van der Waals surface area contributed by atoms with Crippen molar-refractivity contribution in [3.8, 4) is 34.6 Å². The minimum atomic E-state index is -0.174. The molecule has 1 aromatic heterocycles. The quantitative estimate of drug-likeness (QED) is 0.390. The average Bonchev–Trinajstić information content (AvgIpc) is 3.55. The lowest BCUT2D eigenvalue weighted by molar-refractivity contribution is 0.102. The number of carbonyl (C=O) groups is 1. The van der Waals surface area contributed by atoms with Crippen LogP contribution in [0.4, 0.5) is 5.69 Å². The third kappa shape index (κ3) is 3.91. The summed E-state index contributed by atoms with van der Waals surface area (Å²) >= 11 is 0. The number of methoxy groups -OCH3 is 1. The Morgan fingerprint density at radius 1 is 0.914 bits per heavy atom. The fourth-order valence-electron chi connectivity index (χ4n) is 4.00. The summed E-state index contributed by atoms with van der Waals surface area (Å²) in [6.07, 6.45) is 0. The fraction of sp³-hybridized carbons (Fsp3) is 0.0741. The van der Waals surface area contributed by atoms with Gasteiger partial charge in [0, 0.05) is 16.8 Å². The van der Waals surface area contributed by atoms with Gasteiger partial charge in [-0.3, -0.25) is 4.79 Å². The lowest BCUT2D eigenvalue weighted by Gasteiger charge is -2.09. The number of rotatable bonds is 5. The molecule has 8 nitrogen and oxygen atoms in total. The summed E-state index contributed by atoms with van der Waals surface area (Å²) in [7, 11) is 1.52. The van der Waals surface area contributed by atoms with Gasteiger partial charge in [-0.2, -0.15) is 4.98 Å². The standard InChI is InChI=1S/C27H20N4O4/c1-33-27-29-25(19-8-13-23-24(15-19)35-16-34-23)31(30-27)22-11-9-21(10-12-22)28-26(32)20-7-6-17-4-2-3-5-18(17)14-20/h2-15H,16H2,1H3,(H,28,32). The van der Waals surface area contributed by atoms with Gasteiger partial charge >= 0.3 is 6.01 Å². The fourth-order valence-corrected chi connectivity index (χ4v) is 4.00. The van der Waals surface area contributed by atoms with Gasteiger partial charge < -0.3 is 19.5 Å². The van der Waals surface area contributed by atoms with Crippen LogP contribution in [-0.2, 0) is 0 Å². The highest BCUT2D eigenvalue weighted by atomic mass is 16.7. The number of anilines is 1. The van der Waals surface area contributed by atoms with E-state index in [1.165, 1.54) is 7.11 Å². The van der Waals surface area contributed by atoms with Crippen molar-refractivity contribution in [2.75, 3.05) is 19.2 Å². The van der Waals surface area contributed by atoms with E-state index in [0.717, 1.165) is 22.0 Å². The van der Waals surface area contributed by atoms with Gasteiger partial charge in [0.1, 0.15) is 0 Å². The number of amides is 1. The van der Waals surface area contributed by atoms with E-state index in [1.807, 2.05) is 84.9 Å². The second kappa shape index (κ2) is 8.49. The normalized spacial score (nSPS) is 12.0. The lowest BCUT2D eigenvalue weighted by atomic mass is 10.1. The van der Waals surface area contributed by atoms with Crippen LogP contribution in [0.5, 0.6) is 17.5 Å². The summed E-state index contributed by atoms with van der Waals surface area (Å²) in [5, 5.41) is 9.53. The third-order valence-electron chi connectivity index (χ3n) is 5.78. The van der Waals surface area contributed by atoms with Gasteiger partial charge in [0.2, 0.25) is 6.79 Å². The van der Waals surface area contributed by atoms with Gasteiger partial charge in [0.05, 0.1) is 12.8 Å². The maximum atomic E-state index is 12.8. The van der Waals surface area contributed by atoms with E-state index < -0.39 is 0 Å². The van der Waals surface area contributed by atoms with Crippen molar-refractivity contribution in [1.82, 2.24) is 14.8 Å². The van der Waals surface area contributed by atoms with Crippen molar-refractivity contribution >= 4 is 22.4 Å². The van der Waals surface area contributed by atoms with Gasteiger partial charge in [-0.15, -0.1) is 5.10 Å². The van der Waals surface area contributed by atoms with Crippen LogP contribution < -0.4 is 19.5 Å². The molecule has 6 rings (SSSR count). The van der Waals surface area contributed by atoms with E-state index in [9.17, 15) is 4.79 Å². The van der Waals surface area contributed by atoms with Crippen LogP contribution >= 0.6 is 0 Å². The zero-order valence-corrected chi connectivity index (χ0v) is 18.8. The first kappa shape index (κ1) is 20.7. The van der Waals surface area contributed by atoms with Gasteiger partial charge in [-0.05, 0) is 65.4 Å². The highest BCUT2D eigenvalue weighted by Gasteiger charge is 2.19. The van der Waals surface area contributed by atoms with Crippen molar-refractivity contribution in [1.29, 1.82) is 0 Å². The number of carbonyl (C=O) groups excluding carboxylic acids is 1. The molecule has 0 bridgehead atoms. The topological polar surface area (TPSA) is 87.5 Å². The summed E-state index contributed by atoms with van der Waals surface area (Å²) < 4.78 is 17.9. The Labute approximate surface area is 200 Å². The monoisotopic (exact) mass is 464 g/mol. The van der Waals surface area contributed by atoms with Crippen LogP contribution in [0.2, 0.25) is 0 Å². The Kier molecular flexibility index (Phi) is 5.03. The van der Waals surface area contributed by atoms with Gasteiger partial charge in [-0.25, -0.2) is 4.68 Å². The molecule has 0 radical (unpaired) electrons. The minimum Gasteiger partial charge on any atom is -0.466 e. The number of nitrogens with zero attached hydrogens (tertiary/aromatic N) is 3. The Morgan fingerprint density at radius 3 is 2.54 bits per heavy atom. The van der Waals surface area contributed by atoms with Crippen LogP contribution in [0.15, 0.2) is 84.9 Å². The van der Waals surface area contributed by atoms with E-state index in [1.54, 1.807) is 4.68 Å². The van der Waals surface area contributed by atoms with E-state index >= 15 is 0 Å². The van der Waals surface area contributed by atoms with Crippen LogP contribution in [0.1, 0.15) is 10.4 Å². The second-order valence-electron chi connectivity index (χ2n) is 7.96. The molecule has 35 heavy (non-hydrogen) atoms. The van der Waals surface area contributed by atoms with Crippen molar-refractivity contribution in [2.45, 2.75) is 0 Å². The highest BCUT2D eigenvalue weighted by molar-refractivity contribution is 6.06. The van der Waals surface area contributed by atoms with Gasteiger partial charge in [0.25, 0.3) is 5.91 Å². The summed E-state index contributed by atoms with van der Waals surface area (Å²) in [6.45, 7) is 0.196. The SMILES string of the molecule is COc1nc(-c2ccc3c(c2)OCO3)n(-c2ccc(NC(=O)c3ccc4ccccc4c3)cc2)n1. The third-order valence-corrected chi connectivity index (χ3v) is 5.78. The zero-order chi connectivity index (χ0) is 23.8. The largest absolute Gasteiger partial charge is 0.466 e. The molecule has 0 atom stereocenters. The van der Waals surface area contributed by atoms with Crippen molar-refractivity contribution in [3.63, 3.8) is 0 Å². The summed E-state index contributed by atoms with van der Waals surface area (Å²) in [5.74, 6) is 1.76. The number of fused-ring (bicyclic) bond motifs is 2. The molecule has 1 aliphatic rings. The molecule has 172 valence electrons. The summed E-state index contributed by atoms with van der Waals surface area (Å²) in [6, 6.07) is 26.8. The number of hydrogen-bond donors (Lipinski definition) is 1. The van der Waals surface area contributed by atoms with E-state index in [4.69, 9.17) is 14.2 Å². The van der Waals surface area contributed by atoms with Crippen LogP contribution in [0, 0.1) is 0 Å². The van der Waals surface area contributed by atoms with E-state index in [-0.39, 0.29) is 18.7 Å². The molecule has 1 amide bonds. The number of ether oxygens (including phenoxy) is 3. The number of hydrogen-bond acceptors (Lipinski definition) is 6. The second-order valence-corrected chi connectivity index (χ2v) is 7.96. The maximum absolute atomic E-state index is 12.8. The molecule has 4 aromatic carbocycles. The van der Waals surface area contributed by atoms with Crippen LogP contribution in [-0.4, -0.2) is 34.6 Å². The lowest BCUT2D eigenvalue weighted by Crippen LogP contribution is -2.11. The minimum absolute atomic E-state index is 0.174. The predicted molar refractivity (Wildman–Crippen MR) is 131 cm³/mol. The molecule has 1 N–H and O–H groups in total. The Bertz CT molecular complexity index is 1560. The molecule has 2 heterocycles. The molecule has 0 saturated heterocycles. The highest BCUT2D eigenvalue weighted by Crippen LogP contribution is 2.36. The molecule has 8 heteroatoms. The molecule has 0 fully saturated rings. The molecule has 0 saturated carbocycles. The summed E-state index contributed by atoms with van der Waals surface area (Å²) in [4.78, 5) is 17.3. The predicted octanol–water partition coefficient (Wildman–Crippen LogP) is 5.08. The van der Waals surface area contributed by atoms with Crippen molar-refractivity contribution in [3.05, 3.63) is 90.5 Å². The first-order chi connectivity index (χ1) is 17.2. The van der Waals surface area contributed by atoms with Crippen molar-refractivity contribution < 1.29 is 19.0 Å². The first-order valence-corrected chi connectivity index (χ1v) is 11.0.